The van der Waals surface area contributed by atoms with Gasteiger partial charge in [0.05, 0.1) is 0 Å². The number of hydrogen-bond acceptors (Lipinski definition) is 1. The van der Waals surface area contributed by atoms with E-state index in [1.54, 1.807) is 0 Å². The first-order chi connectivity index (χ1) is 6.45. The Labute approximate surface area is 79.5 Å². The highest BCUT2D eigenvalue weighted by Crippen LogP contribution is 2.23. The van der Waals surface area contributed by atoms with Crippen molar-refractivity contribution in [1.82, 2.24) is 0 Å². The molecule has 0 bridgehead atoms. The van der Waals surface area contributed by atoms with Crippen molar-refractivity contribution in [2.24, 2.45) is 0 Å². The minimum absolute atomic E-state index is 0.114. The van der Waals surface area contributed by atoms with Gasteiger partial charge in [-0.15, -0.1) is 0 Å². The van der Waals surface area contributed by atoms with Crippen molar-refractivity contribution < 1.29 is 18.0 Å². The number of Topliss-reactive ketones (excluding diaryl/α,β-unsaturated/α-hetero) is 1. The van der Waals surface area contributed by atoms with E-state index in [9.17, 15) is 18.0 Å². The van der Waals surface area contributed by atoms with Gasteiger partial charge in [0.2, 0.25) is 0 Å². The van der Waals surface area contributed by atoms with Crippen molar-refractivity contribution in [2.45, 2.75) is 19.8 Å². The fourth-order valence-corrected chi connectivity index (χ4v) is 1.09. The lowest BCUT2D eigenvalue weighted by Gasteiger charge is -2.09. The van der Waals surface area contributed by atoms with Gasteiger partial charge >= 0.3 is 0 Å². The van der Waals surface area contributed by atoms with Crippen LogP contribution in [0.3, 0.4) is 0 Å². The second-order valence-corrected chi connectivity index (χ2v) is 3.10. The van der Waals surface area contributed by atoms with Crippen molar-refractivity contribution in [3.8, 4) is 0 Å². The van der Waals surface area contributed by atoms with Crippen LogP contribution < -0.4 is 0 Å². The molecule has 0 saturated heterocycles. The first-order valence-corrected chi connectivity index (χ1v) is 4.09. The molecule has 0 aromatic heterocycles. The maximum atomic E-state index is 13.1. The van der Waals surface area contributed by atoms with Crippen molar-refractivity contribution in [3.05, 3.63) is 35.1 Å². The minimum atomic E-state index is -1.53. The van der Waals surface area contributed by atoms with Gasteiger partial charge in [0.25, 0.3) is 0 Å². The molecule has 1 aromatic rings. The zero-order valence-corrected chi connectivity index (χ0v) is 7.77. The number of benzene rings is 1. The number of halogens is 3. The summed E-state index contributed by atoms with van der Waals surface area (Å²) in [5, 5.41) is 0. The topological polar surface area (TPSA) is 17.1 Å². The third-order valence-electron chi connectivity index (χ3n) is 2.14. The highest BCUT2D eigenvalue weighted by molar-refractivity contribution is 5.82. The molecule has 1 nitrogen and oxygen atoms in total. The van der Waals surface area contributed by atoms with Crippen LogP contribution in [0.5, 0.6) is 0 Å². The van der Waals surface area contributed by atoms with Crippen LogP contribution in [0.2, 0.25) is 0 Å². The molecule has 0 saturated carbocycles. The lowest BCUT2D eigenvalue weighted by molar-refractivity contribution is -0.118. The third kappa shape index (κ3) is 1.78. The first kappa shape index (κ1) is 10.8. The average Bonchev–Trinajstić information content (AvgIpc) is 2.13. The largest absolute Gasteiger partial charge is 0.299 e. The third-order valence-corrected chi connectivity index (χ3v) is 2.14. The Morgan fingerprint density at radius 2 is 1.79 bits per heavy atom. The Hall–Kier alpha value is -1.32. The normalized spacial score (nSPS) is 12.6. The van der Waals surface area contributed by atoms with Crippen LogP contribution in [0, 0.1) is 17.5 Å². The van der Waals surface area contributed by atoms with Crippen molar-refractivity contribution in [3.63, 3.8) is 0 Å². The number of carbonyl (C=O) groups is 1. The molecule has 1 unspecified atom stereocenters. The fraction of sp³-hybridized carbons (Fsp3) is 0.300. The smallest absolute Gasteiger partial charge is 0.194 e. The van der Waals surface area contributed by atoms with Crippen LogP contribution >= 0.6 is 0 Å². The monoisotopic (exact) mass is 202 g/mol. The van der Waals surface area contributed by atoms with Gasteiger partial charge in [0.1, 0.15) is 5.78 Å². The molecule has 0 spiro atoms. The summed E-state index contributed by atoms with van der Waals surface area (Å²) in [5.74, 6) is -5.12. The molecule has 0 aliphatic heterocycles. The highest BCUT2D eigenvalue weighted by atomic mass is 19.2. The summed E-state index contributed by atoms with van der Waals surface area (Å²) in [6.45, 7) is 2.71. The molecule has 0 aliphatic rings. The van der Waals surface area contributed by atoms with E-state index in [4.69, 9.17) is 0 Å². The van der Waals surface area contributed by atoms with Crippen molar-refractivity contribution in [1.29, 1.82) is 0 Å². The number of hydrogen-bond donors (Lipinski definition) is 0. The zero-order valence-electron chi connectivity index (χ0n) is 7.77. The molecule has 0 N–H and O–H groups in total. The Bertz CT molecular complexity index is 374. The van der Waals surface area contributed by atoms with Crippen LogP contribution in [-0.4, -0.2) is 5.78 Å². The van der Waals surface area contributed by atoms with E-state index in [0.29, 0.717) is 0 Å². The van der Waals surface area contributed by atoms with E-state index in [2.05, 4.69) is 0 Å². The predicted molar refractivity (Wildman–Crippen MR) is 45.4 cm³/mol. The van der Waals surface area contributed by atoms with E-state index in [1.807, 2.05) is 0 Å². The average molecular weight is 202 g/mol. The van der Waals surface area contributed by atoms with Gasteiger partial charge in [-0.1, -0.05) is 13.0 Å². The van der Waals surface area contributed by atoms with Crippen molar-refractivity contribution >= 4 is 5.78 Å². The molecule has 1 atom stereocenters. The molecule has 76 valence electrons. The SMILES string of the molecule is CC(=O)C(C)c1ccc(F)c(F)c1F. The lowest BCUT2D eigenvalue weighted by atomic mass is 9.97. The number of rotatable bonds is 2. The standard InChI is InChI=1S/C10H9F3O/c1-5(6(2)14)7-3-4-8(11)10(13)9(7)12/h3-5H,1-2H3. The summed E-state index contributed by atoms with van der Waals surface area (Å²) in [6.07, 6.45) is 0. The molecule has 4 heteroatoms. The van der Waals surface area contributed by atoms with Gasteiger partial charge < -0.3 is 0 Å². The van der Waals surface area contributed by atoms with E-state index in [-0.39, 0.29) is 11.3 Å². The zero-order chi connectivity index (χ0) is 10.9. The second-order valence-electron chi connectivity index (χ2n) is 3.10. The van der Waals surface area contributed by atoms with Crippen molar-refractivity contribution in [2.75, 3.05) is 0 Å². The molecular weight excluding hydrogens is 193 g/mol. The quantitative estimate of drug-likeness (QED) is 0.674. The van der Waals surface area contributed by atoms with E-state index in [1.165, 1.54) is 13.8 Å². The molecule has 14 heavy (non-hydrogen) atoms. The molecule has 0 radical (unpaired) electrons. The Kier molecular flexibility index (Phi) is 2.93. The second kappa shape index (κ2) is 3.82. The Balaban J connectivity index is 3.24. The van der Waals surface area contributed by atoms with Gasteiger partial charge in [-0.25, -0.2) is 13.2 Å². The summed E-state index contributed by atoms with van der Waals surface area (Å²) >= 11 is 0. The predicted octanol–water partition coefficient (Wildman–Crippen LogP) is 2.80. The van der Waals surface area contributed by atoms with Gasteiger partial charge in [-0.3, -0.25) is 4.79 Å². The summed E-state index contributed by atoms with van der Waals surface area (Å²) in [6, 6.07) is 1.90. The molecule has 1 aromatic carbocycles. The molecule has 0 aliphatic carbocycles. The minimum Gasteiger partial charge on any atom is -0.299 e. The number of carbonyl (C=O) groups excluding carboxylic acids is 1. The van der Waals surface area contributed by atoms with Gasteiger partial charge in [-0.2, -0.15) is 0 Å². The highest BCUT2D eigenvalue weighted by Gasteiger charge is 2.20. The van der Waals surface area contributed by atoms with Gasteiger partial charge in [-0.05, 0) is 13.0 Å². The Morgan fingerprint density at radius 3 is 2.29 bits per heavy atom. The fourth-order valence-electron chi connectivity index (χ4n) is 1.09. The molecule has 1 rings (SSSR count). The molecule has 0 amide bonds. The number of ketones is 1. The molecule has 0 fully saturated rings. The maximum Gasteiger partial charge on any atom is 0.194 e. The lowest BCUT2D eigenvalue weighted by Crippen LogP contribution is -2.08. The van der Waals surface area contributed by atoms with Crippen LogP contribution in [0.15, 0.2) is 12.1 Å². The van der Waals surface area contributed by atoms with Crippen LogP contribution in [-0.2, 0) is 4.79 Å². The van der Waals surface area contributed by atoms with E-state index in [0.717, 1.165) is 12.1 Å². The van der Waals surface area contributed by atoms with Crippen LogP contribution in [0.25, 0.3) is 0 Å². The summed E-state index contributed by atoms with van der Waals surface area (Å²) in [5.41, 5.74) is -0.114. The summed E-state index contributed by atoms with van der Waals surface area (Å²) in [7, 11) is 0. The summed E-state index contributed by atoms with van der Waals surface area (Å²) < 4.78 is 38.4. The van der Waals surface area contributed by atoms with Crippen LogP contribution in [0.4, 0.5) is 13.2 Å². The van der Waals surface area contributed by atoms with Gasteiger partial charge in [0, 0.05) is 11.5 Å². The van der Waals surface area contributed by atoms with Crippen LogP contribution in [0.1, 0.15) is 25.3 Å². The van der Waals surface area contributed by atoms with Gasteiger partial charge in [0.15, 0.2) is 17.5 Å². The first-order valence-electron chi connectivity index (χ1n) is 4.09. The molecule has 0 heterocycles. The Morgan fingerprint density at radius 1 is 1.21 bits per heavy atom. The van der Waals surface area contributed by atoms with E-state index >= 15 is 0 Å². The maximum absolute atomic E-state index is 13.1. The van der Waals surface area contributed by atoms with E-state index < -0.39 is 23.4 Å². The molecular formula is C10H9F3O. The summed E-state index contributed by atoms with van der Waals surface area (Å²) in [4.78, 5) is 10.9.